The van der Waals surface area contributed by atoms with E-state index in [-0.39, 0.29) is 30.6 Å². The van der Waals surface area contributed by atoms with Crippen molar-refractivity contribution in [2.24, 2.45) is 10.7 Å². The number of aliphatic imine (C=N–C) groups is 1. The molecule has 174 valence electrons. The molecule has 2 atom stereocenters. The number of nitrogens with two attached hydrogens (primary N) is 1. The van der Waals surface area contributed by atoms with Gasteiger partial charge in [0.25, 0.3) is 5.91 Å². The summed E-state index contributed by atoms with van der Waals surface area (Å²) < 4.78 is 26.2. The monoisotopic (exact) mass is 453 g/mol. The molecule has 0 aliphatic carbocycles. The maximum atomic E-state index is 15.1. The zero-order valence-corrected chi connectivity index (χ0v) is 18.8. The van der Waals surface area contributed by atoms with E-state index >= 15 is 4.39 Å². The van der Waals surface area contributed by atoms with Gasteiger partial charge >= 0.3 is 0 Å². The standard InChI is InChI=1S/C25H28FN3O4/c1-15-18(11-16-3-5-17(6-4-16)20(27)7-9-28-2)12-19-24(23(15)26)33-14-29(25(19)31)21-13-32-10-8-22(21)30/h3-7,9,12,21-22,30H,8,10-11,13-14,27H2,1-2H3/t21-,22-/m0/s1. The van der Waals surface area contributed by atoms with Crippen molar-refractivity contribution in [2.45, 2.75) is 31.9 Å². The summed E-state index contributed by atoms with van der Waals surface area (Å²) in [5, 5.41) is 10.3. The average molecular weight is 454 g/mol. The Balaban J connectivity index is 1.60. The van der Waals surface area contributed by atoms with E-state index in [1.807, 2.05) is 24.3 Å². The molecule has 0 aromatic heterocycles. The SMILES string of the molecule is CN=CC=C(N)c1ccc(Cc2cc3c(c(F)c2C)OCN([C@H]2COCC[C@@H]2O)C3=O)cc1. The lowest BCUT2D eigenvalue weighted by Gasteiger charge is -2.39. The van der Waals surface area contributed by atoms with Gasteiger partial charge in [-0.15, -0.1) is 0 Å². The molecule has 33 heavy (non-hydrogen) atoms. The maximum absolute atomic E-state index is 15.1. The van der Waals surface area contributed by atoms with Crippen LogP contribution in [0, 0.1) is 12.7 Å². The number of amides is 1. The van der Waals surface area contributed by atoms with Crippen molar-refractivity contribution in [3.63, 3.8) is 0 Å². The van der Waals surface area contributed by atoms with Crippen LogP contribution in [0.1, 0.15) is 39.0 Å². The van der Waals surface area contributed by atoms with Gasteiger partial charge in [-0.1, -0.05) is 24.3 Å². The number of aliphatic hydroxyl groups excluding tert-OH is 1. The largest absolute Gasteiger partial charge is 0.469 e. The average Bonchev–Trinajstić information content (AvgIpc) is 2.82. The van der Waals surface area contributed by atoms with Crippen LogP contribution in [-0.4, -0.2) is 61.3 Å². The van der Waals surface area contributed by atoms with Gasteiger partial charge in [0, 0.05) is 25.6 Å². The summed E-state index contributed by atoms with van der Waals surface area (Å²) in [6.45, 7) is 2.23. The van der Waals surface area contributed by atoms with E-state index in [1.54, 1.807) is 32.3 Å². The molecule has 0 spiro atoms. The summed E-state index contributed by atoms with van der Waals surface area (Å²) in [7, 11) is 1.67. The Labute approximate surface area is 192 Å². The molecule has 1 amide bonds. The van der Waals surface area contributed by atoms with Gasteiger partial charge in [-0.05, 0) is 54.2 Å². The molecule has 2 aromatic rings. The number of nitrogens with zero attached hydrogens (tertiary/aromatic N) is 2. The maximum Gasteiger partial charge on any atom is 0.260 e. The Morgan fingerprint density at radius 1 is 1.36 bits per heavy atom. The first-order valence-electron chi connectivity index (χ1n) is 10.9. The molecule has 0 radical (unpaired) electrons. The molecule has 0 bridgehead atoms. The molecule has 2 heterocycles. The number of aliphatic hydroxyl groups is 1. The topological polar surface area (TPSA) is 97.4 Å². The van der Waals surface area contributed by atoms with Crippen LogP contribution in [0.5, 0.6) is 5.75 Å². The van der Waals surface area contributed by atoms with Gasteiger partial charge in [-0.25, -0.2) is 4.39 Å². The third kappa shape index (κ3) is 4.62. The van der Waals surface area contributed by atoms with E-state index in [2.05, 4.69) is 4.99 Å². The molecule has 8 heteroatoms. The molecule has 0 saturated carbocycles. The van der Waals surface area contributed by atoms with Crippen molar-refractivity contribution in [1.29, 1.82) is 0 Å². The highest BCUT2D eigenvalue weighted by atomic mass is 19.1. The van der Waals surface area contributed by atoms with Crippen molar-refractivity contribution < 1.29 is 23.8 Å². The first kappa shape index (κ1) is 22.9. The van der Waals surface area contributed by atoms with E-state index in [4.69, 9.17) is 15.2 Å². The minimum absolute atomic E-state index is 0.0328. The normalized spacial score (nSPS) is 21.3. The van der Waals surface area contributed by atoms with Crippen molar-refractivity contribution in [1.82, 2.24) is 4.90 Å². The van der Waals surface area contributed by atoms with Gasteiger partial charge in [0.15, 0.2) is 18.3 Å². The number of halogens is 1. The summed E-state index contributed by atoms with van der Waals surface area (Å²) in [6.07, 6.45) is 3.54. The molecule has 2 aliphatic rings. The summed E-state index contributed by atoms with van der Waals surface area (Å²) >= 11 is 0. The van der Waals surface area contributed by atoms with E-state index in [9.17, 15) is 9.90 Å². The predicted octanol–water partition coefficient (Wildman–Crippen LogP) is 2.67. The van der Waals surface area contributed by atoms with Gasteiger partial charge in [-0.2, -0.15) is 0 Å². The molecular formula is C25H28FN3O4. The second-order valence-electron chi connectivity index (χ2n) is 8.30. The van der Waals surface area contributed by atoms with Crippen molar-refractivity contribution in [3.8, 4) is 5.75 Å². The van der Waals surface area contributed by atoms with E-state index < -0.39 is 18.0 Å². The number of benzene rings is 2. The lowest BCUT2D eigenvalue weighted by atomic mass is 9.94. The fraction of sp³-hybridized carbons (Fsp3) is 0.360. The van der Waals surface area contributed by atoms with Crippen LogP contribution in [0.4, 0.5) is 4.39 Å². The second-order valence-corrected chi connectivity index (χ2v) is 8.30. The van der Waals surface area contributed by atoms with Crippen LogP contribution >= 0.6 is 0 Å². The highest BCUT2D eigenvalue weighted by Gasteiger charge is 2.38. The number of hydrogen-bond acceptors (Lipinski definition) is 6. The summed E-state index contributed by atoms with van der Waals surface area (Å²) in [6, 6.07) is 8.82. The van der Waals surface area contributed by atoms with Crippen molar-refractivity contribution >= 4 is 17.8 Å². The minimum Gasteiger partial charge on any atom is -0.469 e. The number of carbonyl (C=O) groups is 1. The molecule has 1 saturated heterocycles. The molecule has 2 aliphatic heterocycles. The summed E-state index contributed by atoms with van der Waals surface area (Å²) in [4.78, 5) is 18.5. The van der Waals surface area contributed by atoms with Crippen molar-refractivity contribution in [3.05, 3.63) is 70.0 Å². The van der Waals surface area contributed by atoms with Crippen LogP contribution in [-0.2, 0) is 11.2 Å². The highest BCUT2D eigenvalue weighted by Crippen LogP contribution is 2.34. The molecular weight excluding hydrogens is 425 g/mol. The smallest absolute Gasteiger partial charge is 0.260 e. The third-order valence-electron chi connectivity index (χ3n) is 6.19. The minimum atomic E-state index is -0.703. The van der Waals surface area contributed by atoms with Crippen LogP contribution in [0.2, 0.25) is 0 Å². The van der Waals surface area contributed by atoms with E-state index in [0.717, 1.165) is 11.1 Å². The van der Waals surface area contributed by atoms with Crippen LogP contribution in [0.15, 0.2) is 41.4 Å². The number of rotatable bonds is 5. The molecule has 4 rings (SSSR count). The van der Waals surface area contributed by atoms with E-state index in [1.165, 1.54) is 4.90 Å². The zero-order valence-electron chi connectivity index (χ0n) is 18.8. The second kappa shape index (κ2) is 9.72. The Morgan fingerprint density at radius 3 is 2.82 bits per heavy atom. The Bertz CT molecular complexity index is 1100. The zero-order chi connectivity index (χ0) is 23.5. The fourth-order valence-corrected chi connectivity index (χ4v) is 4.15. The Morgan fingerprint density at radius 2 is 2.12 bits per heavy atom. The number of carbonyl (C=O) groups excluding carboxylic acids is 1. The van der Waals surface area contributed by atoms with Gasteiger partial charge in [0.2, 0.25) is 0 Å². The van der Waals surface area contributed by atoms with Crippen LogP contribution < -0.4 is 10.5 Å². The molecule has 3 N–H and O–H groups in total. The Kier molecular flexibility index (Phi) is 6.76. The van der Waals surface area contributed by atoms with E-state index in [0.29, 0.717) is 36.3 Å². The summed E-state index contributed by atoms with van der Waals surface area (Å²) in [5.74, 6) is -0.926. The Hall–Kier alpha value is -3.23. The van der Waals surface area contributed by atoms with Gasteiger partial charge in [0.1, 0.15) is 0 Å². The predicted molar refractivity (Wildman–Crippen MR) is 124 cm³/mol. The number of allylic oxidation sites excluding steroid dienone is 1. The molecule has 2 aromatic carbocycles. The molecule has 7 nitrogen and oxygen atoms in total. The van der Waals surface area contributed by atoms with Crippen molar-refractivity contribution in [2.75, 3.05) is 27.0 Å². The lowest BCUT2D eigenvalue weighted by Crippen LogP contribution is -2.55. The summed E-state index contributed by atoms with van der Waals surface area (Å²) in [5.41, 5.74) is 9.76. The first-order valence-corrected chi connectivity index (χ1v) is 10.9. The van der Waals surface area contributed by atoms with Gasteiger partial charge in [-0.3, -0.25) is 14.7 Å². The first-order chi connectivity index (χ1) is 15.9. The number of fused-ring (bicyclic) bond motifs is 1. The number of ether oxygens (including phenoxy) is 2. The lowest BCUT2D eigenvalue weighted by molar-refractivity contribution is -0.0700. The van der Waals surface area contributed by atoms with Crippen LogP contribution in [0.25, 0.3) is 5.70 Å². The fourth-order valence-electron chi connectivity index (χ4n) is 4.15. The van der Waals surface area contributed by atoms with Gasteiger partial charge in [0.05, 0.1) is 24.3 Å². The molecule has 0 unspecified atom stereocenters. The highest BCUT2D eigenvalue weighted by molar-refractivity contribution is 5.98. The van der Waals surface area contributed by atoms with Gasteiger partial charge < -0.3 is 20.3 Å². The third-order valence-corrected chi connectivity index (χ3v) is 6.19. The molecule has 1 fully saturated rings. The number of hydrogen-bond donors (Lipinski definition) is 2. The quantitative estimate of drug-likeness (QED) is 0.679. The van der Waals surface area contributed by atoms with Crippen LogP contribution in [0.3, 0.4) is 0 Å².